The molecule has 292 valence electrons. The summed E-state index contributed by atoms with van der Waals surface area (Å²) in [5, 5.41) is 2.39. The number of nitrogens with one attached hydrogen (secondary N) is 1. The van der Waals surface area contributed by atoms with E-state index >= 15 is 0 Å². The first-order valence-corrected chi connectivity index (χ1v) is 18.0. The number of carbonyl (C=O) groups excluding carboxylic acids is 1. The molecule has 0 aliphatic rings. The van der Waals surface area contributed by atoms with Gasteiger partial charge in [-0.25, -0.2) is 8.42 Å². The van der Waals surface area contributed by atoms with Crippen LogP contribution in [0.3, 0.4) is 0 Å². The molecule has 0 unspecified atom stereocenters. The van der Waals surface area contributed by atoms with Crippen LogP contribution in [-0.4, -0.2) is 64.0 Å². The highest BCUT2D eigenvalue weighted by Gasteiger charge is 2.23. The Bertz CT molecular complexity index is 1800. The van der Waals surface area contributed by atoms with Gasteiger partial charge in [-0.15, -0.1) is 0 Å². The third-order valence-corrected chi connectivity index (χ3v) is 9.72. The Kier molecular flexibility index (Phi) is 19.8. The number of carbonyl (C=O) groups is 1. The second-order valence-electron chi connectivity index (χ2n) is 11.6. The average Bonchev–Trinajstić information content (AvgIpc) is 3.21. The van der Waals surface area contributed by atoms with Gasteiger partial charge in [0.2, 0.25) is 15.7 Å². The number of methoxy groups -OCH3 is 6. The molecule has 10 nitrogen and oxygen atoms in total. The largest absolute Gasteiger partial charge is 0.497 e. The molecule has 5 aromatic rings. The maximum atomic E-state index is 12.5. The van der Waals surface area contributed by atoms with Gasteiger partial charge in [0.05, 0.1) is 52.4 Å². The second-order valence-corrected chi connectivity index (χ2v) is 13.6. The molecule has 11 heteroatoms. The fourth-order valence-corrected chi connectivity index (χ4v) is 5.90. The van der Waals surface area contributed by atoms with Crippen molar-refractivity contribution in [2.45, 2.75) is 43.4 Å². The van der Waals surface area contributed by atoms with Gasteiger partial charge in [0.1, 0.15) is 34.5 Å². The Balaban J connectivity index is 0.000000392. The quantitative estimate of drug-likeness (QED) is 0.149. The minimum atomic E-state index is -3.56. The normalized spacial score (nSPS) is 10.1. The van der Waals surface area contributed by atoms with E-state index in [0.29, 0.717) is 11.5 Å². The summed E-state index contributed by atoms with van der Waals surface area (Å²) in [5.41, 5.74) is 2.48. The summed E-state index contributed by atoms with van der Waals surface area (Å²) in [6.45, 7) is 5.91. The fourth-order valence-electron chi connectivity index (χ4n) is 4.57. The number of ether oxygens (including phenoxy) is 6. The van der Waals surface area contributed by atoms with Gasteiger partial charge in [0.15, 0.2) is 0 Å². The van der Waals surface area contributed by atoms with Gasteiger partial charge in [-0.05, 0) is 96.1 Å². The third kappa shape index (κ3) is 14.0. The van der Waals surface area contributed by atoms with Crippen molar-refractivity contribution in [2.75, 3.05) is 49.7 Å². The van der Waals surface area contributed by atoms with Crippen LogP contribution in [0, 0.1) is 0 Å². The predicted molar refractivity (Wildman–Crippen MR) is 216 cm³/mol. The van der Waals surface area contributed by atoms with Crippen LogP contribution in [0.15, 0.2) is 131 Å². The molecule has 0 spiro atoms. The van der Waals surface area contributed by atoms with Crippen LogP contribution < -0.4 is 33.7 Å². The van der Waals surface area contributed by atoms with Crippen molar-refractivity contribution in [2.24, 2.45) is 0 Å². The maximum absolute atomic E-state index is 12.5. The lowest BCUT2D eigenvalue weighted by atomic mass is 9.78. The van der Waals surface area contributed by atoms with E-state index in [4.69, 9.17) is 28.4 Å². The molecule has 0 fully saturated rings. The van der Waals surface area contributed by atoms with Crippen LogP contribution in [-0.2, 0) is 20.0 Å². The van der Waals surface area contributed by atoms with Crippen LogP contribution in [0.1, 0.15) is 39.3 Å². The van der Waals surface area contributed by atoms with E-state index < -0.39 is 9.84 Å². The van der Waals surface area contributed by atoms with Crippen LogP contribution in [0.2, 0.25) is 0 Å². The highest BCUT2D eigenvalue weighted by molar-refractivity contribution is 7.91. The molecule has 1 N–H and O–H groups in total. The first-order chi connectivity index (χ1) is 25.3. The van der Waals surface area contributed by atoms with Crippen molar-refractivity contribution in [3.8, 4) is 34.5 Å². The van der Waals surface area contributed by atoms with Gasteiger partial charge in [0, 0.05) is 19.4 Å². The zero-order valence-electron chi connectivity index (χ0n) is 32.1. The molecule has 1 amide bonds. The Hall–Kier alpha value is -5.68. The minimum Gasteiger partial charge on any atom is -0.497 e. The van der Waals surface area contributed by atoms with E-state index in [-0.39, 0.29) is 28.5 Å². The molecule has 0 saturated heterocycles. The summed E-state index contributed by atoms with van der Waals surface area (Å²) in [6.07, 6.45) is 0. The lowest BCUT2D eigenvalue weighted by molar-refractivity contribution is -0.118. The maximum Gasteiger partial charge on any atom is 0.216 e. The minimum absolute atomic E-state index is 0. The van der Waals surface area contributed by atoms with E-state index in [1.165, 1.54) is 56.5 Å². The topological polar surface area (TPSA) is 119 Å². The first kappa shape index (κ1) is 46.3. The van der Waals surface area contributed by atoms with Crippen LogP contribution in [0.5, 0.6) is 34.5 Å². The zero-order valence-corrected chi connectivity index (χ0v) is 32.9. The smallest absolute Gasteiger partial charge is 0.216 e. The fraction of sp³-hybridized carbons (Fsp3) is 0.279. The van der Waals surface area contributed by atoms with Gasteiger partial charge >= 0.3 is 0 Å². The van der Waals surface area contributed by atoms with Crippen molar-refractivity contribution >= 4 is 15.7 Å². The van der Waals surface area contributed by atoms with Gasteiger partial charge in [-0.2, -0.15) is 0 Å². The lowest BCUT2D eigenvalue weighted by Gasteiger charge is -2.26. The molecule has 5 aromatic carbocycles. The summed E-state index contributed by atoms with van der Waals surface area (Å²) in [7, 11) is 7.68. The Morgan fingerprint density at radius 1 is 0.500 bits per heavy atom. The Morgan fingerprint density at radius 2 is 0.759 bits per heavy atom. The van der Waals surface area contributed by atoms with Crippen molar-refractivity contribution in [3.05, 3.63) is 132 Å². The van der Waals surface area contributed by atoms with Gasteiger partial charge in [0.25, 0.3) is 0 Å². The van der Waals surface area contributed by atoms with Crippen molar-refractivity contribution in [1.29, 1.82) is 0 Å². The summed E-state index contributed by atoms with van der Waals surface area (Å²) in [4.78, 5) is 10.1. The highest BCUT2D eigenvalue weighted by atomic mass is 32.2. The van der Waals surface area contributed by atoms with Crippen molar-refractivity contribution in [1.82, 2.24) is 5.32 Å². The van der Waals surface area contributed by atoms with Crippen LogP contribution >= 0.6 is 0 Å². The highest BCUT2D eigenvalue weighted by Crippen LogP contribution is 2.33. The molecular formula is C43H55NO9S. The number of benzene rings is 5. The van der Waals surface area contributed by atoms with Crippen molar-refractivity contribution < 1.29 is 41.6 Å². The van der Waals surface area contributed by atoms with Crippen LogP contribution in [0.4, 0.5) is 0 Å². The van der Waals surface area contributed by atoms with E-state index in [1.807, 2.05) is 48.5 Å². The molecule has 0 aliphatic heterocycles. The van der Waals surface area contributed by atoms with Gasteiger partial charge < -0.3 is 33.7 Å². The standard InChI is InChI=1S/C17H20O2.C14H14O4S.C8H10O2.C3H7NO.CH4/c1-17(2,13-5-9-15(18-3)10-6-13)14-7-11-16(19-4)12-8-14;1-17-11-5-3-7-13(9-11)19(15,16)14-8-4-6-12(10-14)18-2;1-9-7-3-5-8(10-2)6-4-7;1-3(5)4-2;/h5-12H,1-4H3;3-10H,1-2H3;3-6H,1-2H3;1-2H3,(H,4,5);1H4. The van der Waals surface area contributed by atoms with E-state index in [2.05, 4.69) is 43.4 Å². The molecule has 54 heavy (non-hydrogen) atoms. The third-order valence-electron chi connectivity index (χ3n) is 7.97. The number of sulfone groups is 1. The SMILES string of the molecule is C.CNC(C)=O.COc1ccc(C(C)(C)c2ccc(OC)cc2)cc1.COc1ccc(OC)cc1.COc1cccc(S(=O)(=O)c2cccc(OC)c2)c1. The summed E-state index contributed by atoms with van der Waals surface area (Å²) in [6, 6.07) is 36.7. The predicted octanol–water partition coefficient (Wildman–Crippen LogP) is 8.66. The Labute approximate surface area is 321 Å². The number of amides is 1. The number of hydrogen-bond acceptors (Lipinski definition) is 9. The average molecular weight is 762 g/mol. The molecule has 5 rings (SSSR count). The monoisotopic (exact) mass is 761 g/mol. The molecule has 0 saturated carbocycles. The molecule has 0 aromatic heterocycles. The zero-order chi connectivity index (χ0) is 39.4. The molecule has 0 bridgehead atoms. The molecule has 0 heterocycles. The van der Waals surface area contributed by atoms with E-state index in [0.717, 1.165) is 23.0 Å². The number of rotatable bonds is 10. The van der Waals surface area contributed by atoms with Crippen LogP contribution in [0.25, 0.3) is 0 Å². The molecular weight excluding hydrogens is 707 g/mol. The molecule has 0 radical (unpaired) electrons. The second kappa shape index (κ2) is 23.1. The summed E-state index contributed by atoms with van der Waals surface area (Å²) < 4.78 is 55.3. The van der Waals surface area contributed by atoms with Gasteiger partial charge in [-0.1, -0.05) is 57.7 Å². The summed E-state index contributed by atoms with van der Waals surface area (Å²) >= 11 is 0. The number of hydrogen-bond donors (Lipinski definition) is 1. The summed E-state index contributed by atoms with van der Waals surface area (Å²) in [5.74, 6) is 4.48. The van der Waals surface area contributed by atoms with Gasteiger partial charge in [-0.3, -0.25) is 4.79 Å². The lowest BCUT2D eigenvalue weighted by Crippen LogP contribution is -2.18. The van der Waals surface area contributed by atoms with E-state index in [9.17, 15) is 13.2 Å². The van der Waals surface area contributed by atoms with Crippen molar-refractivity contribution in [3.63, 3.8) is 0 Å². The molecule has 0 aliphatic carbocycles. The Morgan fingerprint density at radius 3 is 1.00 bits per heavy atom. The van der Waals surface area contributed by atoms with E-state index in [1.54, 1.807) is 59.8 Å². The molecule has 0 atom stereocenters. The first-order valence-electron chi connectivity index (χ1n) is 16.5.